The predicted octanol–water partition coefficient (Wildman–Crippen LogP) is 13.3. The van der Waals surface area contributed by atoms with Crippen molar-refractivity contribution in [3.63, 3.8) is 0 Å². The number of unbranched alkanes of at least 4 members (excludes halogenated alkanes) is 24. The third-order valence-electron chi connectivity index (χ3n) is 8.29. The molecule has 0 aliphatic rings. The fraction of sp³-hybridized carbons (Fsp3) is 1.00. The van der Waals surface area contributed by atoms with Crippen molar-refractivity contribution in [1.82, 2.24) is 0 Å². The van der Waals surface area contributed by atoms with E-state index in [1.165, 1.54) is 193 Å². The van der Waals surface area contributed by atoms with Crippen molar-refractivity contribution < 1.29 is 0 Å². The summed E-state index contributed by atoms with van der Waals surface area (Å²) in [7, 11) is 0. The predicted molar refractivity (Wildman–Crippen MR) is 175 cm³/mol. The van der Waals surface area contributed by atoms with E-state index < -0.39 is 0 Å². The summed E-state index contributed by atoms with van der Waals surface area (Å²) < 4.78 is 0.312. The van der Waals surface area contributed by atoms with Gasteiger partial charge in [-0.15, -0.1) is 0 Å². The summed E-state index contributed by atoms with van der Waals surface area (Å²) in [6, 6.07) is 0. The van der Waals surface area contributed by atoms with Crippen LogP contribution in [-0.2, 0) is 0 Å². The highest BCUT2D eigenvalue weighted by Crippen LogP contribution is 2.35. The van der Waals surface area contributed by atoms with E-state index in [9.17, 15) is 0 Å². The first-order valence-electron chi connectivity index (χ1n) is 17.0. The lowest BCUT2D eigenvalue weighted by Gasteiger charge is -2.29. The molecule has 0 amide bonds. The van der Waals surface area contributed by atoms with E-state index in [1.807, 2.05) is 0 Å². The van der Waals surface area contributed by atoms with Crippen molar-refractivity contribution in [3.05, 3.63) is 0 Å². The normalized spacial score (nSPS) is 12.0. The second-order valence-electron chi connectivity index (χ2n) is 12.0. The monoisotopic (exact) mass is 542 g/mol. The van der Waals surface area contributed by atoms with Gasteiger partial charge in [0.2, 0.25) is 0 Å². The lowest BCUT2D eigenvalue weighted by Crippen LogP contribution is -2.21. The van der Waals surface area contributed by atoms with Crippen molar-refractivity contribution in [3.8, 4) is 0 Å². The molecule has 0 nitrogen and oxygen atoms in total. The molecule has 0 aromatic carbocycles. The third-order valence-corrected chi connectivity index (χ3v) is 9.28. The Morgan fingerprint density at radius 2 is 0.556 bits per heavy atom. The first kappa shape index (κ1) is 36.7. The van der Waals surface area contributed by atoms with Crippen LogP contribution in [0.15, 0.2) is 0 Å². The minimum Gasteiger partial charge on any atom is -0.179 e. The van der Waals surface area contributed by atoms with E-state index in [1.54, 1.807) is 0 Å². The maximum absolute atomic E-state index is 5.36. The quantitative estimate of drug-likeness (QED) is 0.0631. The number of thiol groups is 2. The van der Waals surface area contributed by atoms with Crippen LogP contribution < -0.4 is 0 Å². The Hall–Kier alpha value is 0.700. The average molecular weight is 543 g/mol. The molecule has 0 aliphatic carbocycles. The van der Waals surface area contributed by atoms with Gasteiger partial charge in [-0.05, 0) is 31.4 Å². The van der Waals surface area contributed by atoms with E-state index in [2.05, 4.69) is 26.5 Å². The van der Waals surface area contributed by atoms with E-state index in [0.717, 1.165) is 5.75 Å². The zero-order valence-electron chi connectivity index (χ0n) is 25.3. The summed E-state index contributed by atoms with van der Waals surface area (Å²) >= 11 is 9.70. The molecule has 0 fully saturated rings. The Morgan fingerprint density at radius 1 is 0.333 bits per heavy atom. The molecular formula is C34H70S2. The standard InChI is InChI=1S/C34H70S2/c1-3-5-7-9-11-13-15-18-22-26-30-34(36,32-28-24-20-17-21-25-29-33-35)31-27-23-19-16-14-12-10-8-6-4-2/h35-36H,3-33H2,1-2H3. The Morgan fingerprint density at radius 3 is 0.806 bits per heavy atom. The van der Waals surface area contributed by atoms with Gasteiger partial charge in [0.15, 0.2) is 0 Å². The summed E-state index contributed by atoms with van der Waals surface area (Å²) in [5.41, 5.74) is 0. The van der Waals surface area contributed by atoms with Crippen molar-refractivity contribution in [2.45, 2.75) is 211 Å². The molecule has 0 aromatic heterocycles. The molecule has 0 atom stereocenters. The second-order valence-corrected chi connectivity index (χ2v) is 13.4. The van der Waals surface area contributed by atoms with Gasteiger partial charge in [0, 0.05) is 4.75 Å². The van der Waals surface area contributed by atoms with E-state index in [-0.39, 0.29) is 0 Å². The Bertz CT molecular complexity index is 371. The molecule has 0 spiro atoms. The van der Waals surface area contributed by atoms with Gasteiger partial charge in [-0.3, -0.25) is 0 Å². The highest BCUT2D eigenvalue weighted by Gasteiger charge is 2.24. The Balaban J connectivity index is 4.04. The van der Waals surface area contributed by atoms with E-state index >= 15 is 0 Å². The van der Waals surface area contributed by atoms with Crippen LogP contribution in [0.25, 0.3) is 0 Å². The lowest BCUT2D eigenvalue weighted by atomic mass is 9.88. The van der Waals surface area contributed by atoms with Crippen LogP contribution in [0.5, 0.6) is 0 Å². The van der Waals surface area contributed by atoms with Crippen molar-refractivity contribution >= 4 is 25.3 Å². The van der Waals surface area contributed by atoms with Gasteiger partial charge < -0.3 is 0 Å². The lowest BCUT2D eigenvalue weighted by molar-refractivity contribution is 0.404. The van der Waals surface area contributed by atoms with Gasteiger partial charge in [0.05, 0.1) is 0 Å². The first-order valence-corrected chi connectivity index (χ1v) is 18.1. The van der Waals surface area contributed by atoms with Gasteiger partial charge in [-0.2, -0.15) is 25.3 Å². The number of hydrogen-bond acceptors (Lipinski definition) is 2. The van der Waals surface area contributed by atoms with Crippen LogP contribution in [0, 0.1) is 0 Å². The Kier molecular flexibility index (Phi) is 30.8. The summed E-state index contributed by atoms with van der Waals surface area (Å²) in [6.45, 7) is 4.62. The van der Waals surface area contributed by atoms with Gasteiger partial charge in [0.25, 0.3) is 0 Å². The Labute approximate surface area is 241 Å². The molecule has 0 aromatic rings. The molecule has 0 aliphatic heterocycles. The summed E-state index contributed by atoms with van der Waals surface area (Å²) in [5, 5.41) is 0. The van der Waals surface area contributed by atoms with E-state index in [4.69, 9.17) is 12.6 Å². The van der Waals surface area contributed by atoms with Crippen LogP contribution >= 0.6 is 25.3 Å². The van der Waals surface area contributed by atoms with Crippen LogP contribution in [0.4, 0.5) is 0 Å². The van der Waals surface area contributed by atoms with Crippen molar-refractivity contribution in [1.29, 1.82) is 0 Å². The van der Waals surface area contributed by atoms with Crippen molar-refractivity contribution in [2.24, 2.45) is 0 Å². The molecule has 0 saturated carbocycles. The van der Waals surface area contributed by atoms with Crippen LogP contribution in [-0.4, -0.2) is 10.5 Å². The fourth-order valence-corrected chi connectivity index (χ4v) is 6.41. The second kappa shape index (κ2) is 30.2. The highest BCUT2D eigenvalue weighted by molar-refractivity contribution is 7.81. The topological polar surface area (TPSA) is 0 Å². The van der Waals surface area contributed by atoms with Gasteiger partial charge in [-0.1, -0.05) is 181 Å². The maximum Gasteiger partial charge on any atom is 0.0130 e. The molecule has 0 radical (unpaired) electrons. The number of hydrogen-bond donors (Lipinski definition) is 2. The molecule has 36 heavy (non-hydrogen) atoms. The molecule has 0 unspecified atom stereocenters. The molecule has 0 bridgehead atoms. The van der Waals surface area contributed by atoms with Crippen LogP contribution in [0.2, 0.25) is 0 Å². The molecule has 0 rings (SSSR count). The largest absolute Gasteiger partial charge is 0.179 e. The third kappa shape index (κ3) is 27.7. The zero-order valence-corrected chi connectivity index (χ0v) is 27.1. The van der Waals surface area contributed by atoms with Gasteiger partial charge in [0.1, 0.15) is 0 Å². The van der Waals surface area contributed by atoms with Crippen LogP contribution in [0.1, 0.15) is 206 Å². The van der Waals surface area contributed by atoms with Gasteiger partial charge in [-0.25, -0.2) is 0 Å². The SMILES string of the molecule is CCCCCCCCCCCCC(S)(CCCCCCCCCS)CCCCCCCCCCCC. The summed E-state index contributed by atoms with van der Waals surface area (Å²) in [4.78, 5) is 0. The molecule has 2 heteroatoms. The van der Waals surface area contributed by atoms with Gasteiger partial charge >= 0.3 is 0 Å². The molecule has 218 valence electrons. The van der Waals surface area contributed by atoms with Crippen molar-refractivity contribution in [2.75, 3.05) is 5.75 Å². The number of rotatable bonds is 31. The minimum atomic E-state index is 0.312. The molecule has 0 heterocycles. The molecule has 0 saturated heterocycles. The summed E-state index contributed by atoms with van der Waals surface area (Å²) in [6.07, 6.45) is 42.5. The first-order chi connectivity index (χ1) is 17.7. The zero-order chi connectivity index (χ0) is 26.4. The minimum absolute atomic E-state index is 0.312. The van der Waals surface area contributed by atoms with E-state index in [0.29, 0.717) is 4.75 Å². The molecule has 0 N–H and O–H groups in total. The fourth-order valence-electron chi connectivity index (χ4n) is 5.71. The average Bonchev–Trinajstić information content (AvgIpc) is 2.88. The summed E-state index contributed by atoms with van der Waals surface area (Å²) in [5.74, 6) is 1.06. The smallest absolute Gasteiger partial charge is 0.0130 e. The molecular weight excluding hydrogens is 473 g/mol. The highest BCUT2D eigenvalue weighted by atomic mass is 32.1. The van der Waals surface area contributed by atoms with Crippen LogP contribution in [0.3, 0.4) is 0 Å². The maximum atomic E-state index is 5.36.